The van der Waals surface area contributed by atoms with Gasteiger partial charge in [-0.25, -0.2) is 0 Å². The zero-order valence-electron chi connectivity index (χ0n) is 17.3. The third-order valence-corrected chi connectivity index (χ3v) is 4.97. The summed E-state index contributed by atoms with van der Waals surface area (Å²) < 4.78 is 5.99. The average Bonchev–Trinajstić information content (AvgIpc) is 2.73. The maximum absolute atomic E-state index is 12.8. The van der Waals surface area contributed by atoms with Crippen LogP contribution in [0.15, 0.2) is 46.9 Å². The minimum atomic E-state index is -0.394. The standard InChI is InChI=1S/C22H26BrN3O3S/c1-4-11-26(12-5-2)21(28)15-7-6-8-17(13-15)24-22(30)25-20(27)18-14-16(23)9-10-19(18)29-3/h6-10,13-14H,4-5,11-12H2,1-3H3,(H2,24,25,27,30). The highest BCUT2D eigenvalue weighted by Gasteiger charge is 2.16. The average molecular weight is 492 g/mol. The number of carbonyl (C=O) groups excluding carboxylic acids is 2. The van der Waals surface area contributed by atoms with Crippen LogP contribution in [0, 0.1) is 0 Å². The summed E-state index contributed by atoms with van der Waals surface area (Å²) in [6, 6.07) is 12.2. The number of hydrogen-bond acceptors (Lipinski definition) is 4. The van der Waals surface area contributed by atoms with Crippen LogP contribution in [-0.4, -0.2) is 42.0 Å². The van der Waals surface area contributed by atoms with Crippen molar-refractivity contribution in [1.29, 1.82) is 0 Å². The van der Waals surface area contributed by atoms with E-state index in [0.717, 1.165) is 17.3 Å². The second kappa shape index (κ2) is 11.7. The molecule has 0 aliphatic rings. The maximum atomic E-state index is 12.8. The highest BCUT2D eigenvalue weighted by atomic mass is 79.9. The Bertz CT molecular complexity index is 914. The summed E-state index contributed by atoms with van der Waals surface area (Å²) in [7, 11) is 1.50. The molecular weight excluding hydrogens is 466 g/mol. The summed E-state index contributed by atoms with van der Waals surface area (Å²) >= 11 is 8.63. The summed E-state index contributed by atoms with van der Waals surface area (Å²) in [5.41, 5.74) is 1.56. The van der Waals surface area contributed by atoms with Gasteiger partial charge in [0.25, 0.3) is 11.8 Å². The molecule has 0 aliphatic heterocycles. The number of methoxy groups -OCH3 is 1. The van der Waals surface area contributed by atoms with Crippen molar-refractivity contribution in [1.82, 2.24) is 10.2 Å². The van der Waals surface area contributed by atoms with E-state index < -0.39 is 5.91 Å². The molecule has 0 atom stereocenters. The van der Waals surface area contributed by atoms with Gasteiger partial charge in [0, 0.05) is 28.8 Å². The molecule has 8 heteroatoms. The van der Waals surface area contributed by atoms with E-state index in [-0.39, 0.29) is 11.0 Å². The quantitative estimate of drug-likeness (QED) is 0.516. The van der Waals surface area contributed by atoms with Crippen LogP contribution in [0.3, 0.4) is 0 Å². The van der Waals surface area contributed by atoms with Crippen LogP contribution in [0.25, 0.3) is 0 Å². The molecule has 2 aromatic rings. The first-order chi connectivity index (χ1) is 14.4. The van der Waals surface area contributed by atoms with Crippen LogP contribution in [0.2, 0.25) is 0 Å². The topological polar surface area (TPSA) is 70.7 Å². The zero-order valence-corrected chi connectivity index (χ0v) is 19.7. The fraction of sp³-hybridized carbons (Fsp3) is 0.318. The highest BCUT2D eigenvalue weighted by molar-refractivity contribution is 9.10. The number of carbonyl (C=O) groups is 2. The van der Waals surface area contributed by atoms with E-state index in [1.54, 1.807) is 42.5 Å². The Morgan fingerprint density at radius 1 is 1.10 bits per heavy atom. The Kier molecular flexibility index (Phi) is 9.26. The Balaban J connectivity index is 2.09. The predicted molar refractivity (Wildman–Crippen MR) is 127 cm³/mol. The van der Waals surface area contributed by atoms with Gasteiger partial charge in [0.1, 0.15) is 5.75 Å². The lowest BCUT2D eigenvalue weighted by molar-refractivity contribution is 0.0755. The molecule has 0 aromatic heterocycles. The molecule has 0 fully saturated rings. The van der Waals surface area contributed by atoms with Crippen LogP contribution in [0.4, 0.5) is 5.69 Å². The van der Waals surface area contributed by atoms with Crippen molar-refractivity contribution < 1.29 is 14.3 Å². The Labute approximate surface area is 191 Å². The van der Waals surface area contributed by atoms with Crippen molar-refractivity contribution in [2.45, 2.75) is 26.7 Å². The van der Waals surface area contributed by atoms with Gasteiger partial charge >= 0.3 is 0 Å². The predicted octanol–water partition coefficient (Wildman–Crippen LogP) is 4.85. The number of benzene rings is 2. The van der Waals surface area contributed by atoms with Gasteiger partial charge in [-0.3, -0.25) is 14.9 Å². The fourth-order valence-corrected chi connectivity index (χ4v) is 3.53. The first-order valence-electron chi connectivity index (χ1n) is 9.74. The molecular formula is C22H26BrN3O3S. The molecule has 2 N–H and O–H groups in total. The molecule has 2 amide bonds. The summed E-state index contributed by atoms with van der Waals surface area (Å²) in [5, 5.41) is 5.74. The molecule has 0 saturated carbocycles. The van der Waals surface area contributed by atoms with Crippen molar-refractivity contribution in [2.75, 3.05) is 25.5 Å². The van der Waals surface area contributed by atoms with Crippen LogP contribution in [0.5, 0.6) is 5.75 Å². The second-order valence-electron chi connectivity index (χ2n) is 6.63. The van der Waals surface area contributed by atoms with Crippen molar-refractivity contribution in [3.05, 3.63) is 58.1 Å². The van der Waals surface area contributed by atoms with Gasteiger partial charge in [-0.05, 0) is 61.5 Å². The third kappa shape index (κ3) is 6.53. The summed E-state index contributed by atoms with van der Waals surface area (Å²) in [5.74, 6) is 0.0316. The molecule has 0 saturated heterocycles. The molecule has 0 spiro atoms. The number of anilines is 1. The first kappa shape index (κ1) is 23.8. The fourth-order valence-electron chi connectivity index (χ4n) is 2.96. The molecule has 6 nitrogen and oxygen atoms in total. The number of thiocarbonyl (C=S) groups is 1. The van der Waals surface area contributed by atoms with Crippen molar-refractivity contribution in [3.8, 4) is 5.75 Å². The van der Waals surface area contributed by atoms with Gasteiger partial charge in [0.2, 0.25) is 0 Å². The number of nitrogens with zero attached hydrogens (tertiary/aromatic N) is 1. The second-order valence-corrected chi connectivity index (χ2v) is 7.95. The molecule has 0 bridgehead atoms. The monoisotopic (exact) mass is 491 g/mol. The SMILES string of the molecule is CCCN(CCC)C(=O)c1cccc(NC(=S)NC(=O)c2cc(Br)ccc2OC)c1. The summed E-state index contributed by atoms with van der Waals surface area (Å²) in [6.07, 6.45) is 1.80. The third-order valence-electron chi connectivity index (χ3n) is 4.27. The molecule has 2 rings (SSSR count). The van der Waals surface area contributed by atoms with Crippen LogP contribution in [-0.2, 0) is 0 Å². The Morgan fingerprint density at radius 2 is 1.80 bits per heavy atom. The van der Waals surface area contributed by atoms with E-state index in [4.69, 9.17) is 17.0 Å². The number of nitrogens with one attached hydrogen (secondary N) is 2. The van der Waals surface area contributed by atoms with Crippen LogP contribution >= 0.6 is 28.1 Å². The number of amides is 2. The van der Waals surface area contributed by atoms with Crippen molar-refractivity contribution in [2.24, 2.45) is 0 Å². The number of ether oxygens (including phenoxy) is 1. The molecule has 0 radical (unpaired) electrons. The summed E-state index contributed by atoms with van der Waals surface area (Å²) in [6.45, 7) is 5.53. The molecule has 0 heterocycles. The zero-order chi connectivity index (χ0) is 22.1. The van der Waals surface area contributed by atoms with Gasteiger partial charge in [0.05, 0.1) is 12.7 Å². The van der Waals surface area contributed by atoms with E-state index in [1.165, 1.54) is 7.11 Å². The minimum Gasteiger partial charge on any atom is -0.496 e. The maximum Gasteiger partial charge on any atom is 0.261 e. The Morgan fingerprint density at radius 3 is 2.43 bits per heavy atom. The van der Waals surface area contributed by atoms with E-state index in [0.29, 0.717) is 35.7 Å². The van der Waals surface area contributed by atoms with E-state index in [1.807, 2.05) is 4.90 Å². The highest BCUT2D eigenvalue weighted by Crippen LogP contribution is 2.23. The van der Waals surface area contributed by atoms with E-state index in [9.17, 15) is 9.59 Å². The first-order valence-corrected chi connectivity index (χ1v) is 10.9. The molecule has 160 valence electrons. The van der Waals surface area contributed by atoms with E-state index >= 15 is 0 Å². The molecule has 0 unspecified atom stereocenters. The van der Waals surface area contributed by atoms with Gasteiger partial charge in [-0.2, -0.15) is 0 Å². The molecule has 0 aliphatic carbocycles. The number of hydrogen-bond donors (Lipinski definition) is 2. The largest absolute Gasteiger partial charge is 0.496 e. The minimum absolute atomic E-state index is 0.0174. The smallest absolute Gasteiger partial charge is 0.261 e. The van der Waals surface area contributed by atoms with Crippen molar-refractivity contribution >= 4 is 50.8 Å². The lowest BCUT2D eigenvalue weighted by Crippen LogP contribution is -2.34. The van der Waals surface area contributed by atoms with Gasteiger partial charge < -0.3 is 15.0 Å². The molecule has 30 heavy (non-hydrogen) atoms. The van der Waals surface area contributed by atoms with Gasteiger partial charge in [-0.1, -0.05) is 35.8 Å². The van der Waals surface area contributed by atoms with Gasteiger partial charge in [0.15, 0.2) is 5.11 Å². The normalized spacial score (nSPS) is 10.3. The number of rotatable bonds is 8. The number of halogens is 1. The van der Waals surface area contributed by atoms with Crippen LogP contribution < -0.4 is 15.4 Å². The van der Waals surface area contributed by atoms with Gasteiger partial charge in [-0.15, -0.1) is 0 Å². The van der Waals surface area contributed by atoms with Crippen molar-refractivity contribution in [3.63, 3.8) is 0 Å². The lowest BCUT2D eigenvalue weighted by Gasteiger charge is -2.22. The lowest BCUT2D eigenvalue weighted by atomic mass is 10.1. The van der Waals surface area contributed by atoms with E-state index in [2.05, 4.69) is 40.4 Å². The molecule has 2 aromatic carbocycles. The van der Waals surface area contributed by atoms with Crippen LogP contribution in [0.1, 0.15) is 47.4 Å². The Hall–Kier alpha value is -2.45. The summed E-state index contributed by atoms with van der Waals surface area (Å²) in [4.78, 5) is 27.2.